The molecule has 12 heavy (non-hydrogen) atoms. The third-order valence-electron chi connectivity index (χ3n) is 1.46. The van der Waals surface area contributed by atoms with Gasteiger partial charge in [-0.25, -0.2) is 4.98 Å². The van der Waals surface area contributed by atoms with Gasteiger partial charge in [0.05, 0.1) is 8.07 Å². The van der Waals surface area contributed by atoms with Gasteiger partial charge in [-0.05, 0) is 0 Å². The van der Waals surface area contributed by atoms with E-state index < -0.39 is 8.07 Å². The molecule has 0 saturated carbocycles. The molecule has 3 nitrogen and oxygen atoms in total. The summed E-state index contributed by atoms with van der Waals surface area (Å²) < 4.78 is 1.94. The van der Waals surface area contributed by atoms with Gasteiger partial charge in [-0.2, -0.15) is 5.26 Å². The average Bonchev–Trinajstić information content (AvgIpc) is 2.31. The molecule has 0 fully saturated rings. The Kier molecular flexibility index (Phi) is 2.34. The van der Waals surface area contributed by atoms with Crippen molar-refractivity contribution >= 4 is 8.07 Å². The highest BCUT2D eigenvalue weighted by molar-refractivity contribution is 6.74. The van der Waals surface area contributed by atoms with Crippen molar-refractivity contribution in [2.45, 2.75) is 25.8 Å². The lowest BCUT2D eigenvalue weighted by Gasteiger charge is -2.16. The molecule has 0 aliphatic heterocycles. The van der Waals surface area contributed by atoms with Crippen LogP contribution in [0.3, 0.4) is 0 Å². The molecule has 0 aromatic carbocycles. The quantitative estimate of drug-likeness (QED) is 0.647. The van der Waals surface area contributed by atoms with E-state index in [0.717, 1.165) is 6.17 Å². The van der Waals surface area contributed by atoms with E-state index in [1.807, 2.05) is 10.8 Å². The number of nitriles is 1. The second-order valence-corrected chi connectivity index (χ2v) is 9.49. The molecule has 0 amide bonds. The maximum atomic E-state index is 8.69. The summed E-state index contributed by atoms with van der Waals surface area (Å²) in [7, 11) is -1.14. The molecule has 0 aliphatic carbocycles. The number of nitrogens with zero attached hydrogens (tertiary/aromatic N) is 3. The van der Waals surface area contributed by atoms with Crippen molar-refractivity contribution in [1.29, 1.82) is 5.26 Å². The summed E-state index contributed by atoms with van der Waals surface area (Å²) in [6, 6.07) is 2.07. The van der Waals surface area contributed by atoms with Gasteiger partial charge in [0.1, 0.15) is 6.07 Å². The molecule has 1 aromatic heterocycles. The van der Waals surface area contributed by atoms with Crippen molar-refractivity contribution in [3.63, 3.8) is 0 Å². The van der Waals surface area contributed by atoms with E-state index in [1.165, 1.54) is 0 Å². The van der Waals surface area contributed by atoms with Gasteiger partial charge in [-0.1, -0.05) is 19.6 Å². The van der Waals surface area contributed by atoms with E-state index in [2.05, 4.69) is 30.7 Å². The first kappa shape index (κ1) is 9.01. The molecule has 1 aromatic rings. The van der Waals surface area contributed by atoms with Crippen LogP contribution in [-0.2, 0) is 6.17 Å². The normalized spacial score (nSPS) is 11.2. The molecule has 0 saturated heterocycles. The summed E-state index contributed by atoms with van der Waals surface area (Å²) in [5, 5.41) is 8.69. The van der Waals surface area contributed by atoms with Crippen LogP contribution in [0.5, 0.6) is 0 Å². The zero-order valence-electron chi connectivity index (χ0n) is 7.70. The fourth-order valence-corrected chi connectivity index (χ4v) is 2.34. The Morgan fingerprint density at radius 1 is 1.58 bits per heavy atom. The maximum absolute atomic E-state index is 8.69. The minimum atomic E-state index is -1.14. The summed E-state index contributed by atoms with van der Waals surface area (Å²) in [5.41, 5.74) is 0. The summed E-state index contributed by atoms with van der Waals surface area (Å²) >= 11 is 0. The number of imidazole rings is 1. The molecule has 64 valence electrons. The zero-order valence-corrected chi connectivity index (χ0v) is 8.70. The van der Waals surface area contributed by atoms with E-state index in [0.29, 0.717) is 5.82 Å². The van der Waals surface area contributed by atoms with Crippen LogP contribution in [-0.4, -0.2) is 17.6 Å². The first-order valence-corrected chi connectivity index (χ1v) is 7.65. The summed E-state index contributed by atoms with van der Waals surface area (Å²) in [4.78, 5) is 3.94. The Labute approximate surface area is 73.7 Å². The second-order valence-electron chi connectivity index (χ2n) is 4.05. The Morgan fingerprint density at radius 2 is 2.25 bits per heavy atom. The number of hydrogen-bond donors (Lipinski definition) is 0. The molecule has 0 N–H and O–H groups in total. The minimum absolute atomic E-state index is 0.525. The Bertz CT molecular complexity index is 303. The first-order chi connectivity index (χ1) is 5.53. The average molecular weight is 179 g/mol. The van der Waals surface area contributed by atoms with Gasteiger partial charge in [0, 0.05) is 18.6 Å². The largest absolute Gasteiger partial charge is 0.326 e. The van der Waals surface area contributed by atoms with E-state index >= 15 is 0 Å². The van der Waals surface area contributed by atoms with Crippen LogP contribution in [0.1, 0.15) is 5.82 Å². The van der Waals surface area contributed by atoms with Crippen molar-refractivity contribution in [3.05, 3.63) is 18.2 Å². The molecule has 0 bridgehead atoms. The minimum Gasteiger partial charge on any atom is -0.326 e. The molecule has 0 unspecified atom stereocenters. The van der Waals surface area contributed by atoms with Gasteiger partial charge in [-0.3, -0.25) is 0 Å². The third kappa shape index (κ3) is 2.21. The van der Waals surface area contributed by atoms with Crippen LogP contribution < -0.4 is 0 Å². The van der Waals surface area contributed by atoms with Crippen molar-refractivity contribution in [3.8, 4) is 6.07 Å². The molecule has 0 radical (unpaired) electrons. The zero-order chi connectivity index (χ0) is 9.19. The Morgan fingerprint density at radius 3 is 2.75 bits per heavy atom. The molecule has 4 heteroatoms. The highest BCUT2D eigenvalue weighted by Gasteiger charge is 2.15. The topological polar surface area (TPSA) is 41.6 Å². The van der Waals surface area contributed by atoms with Crippen LogP contribution in [0.15, 0.2) is 12.4 Å². The van der Waals surface area contributed by atoms with Gasteiger partial charge in [-0.15, -0.1) is 0 Å². The van der Waals surface area contributed by atoms with Crippen LogP contribution in [0.25, 0.3) is 0 Å². The highest BCUT2D eigenvalue weighted by atomic mass is 28.3. The molecule has 1 rings (SSSR count). The molecular formula is C8H13N3Si. The second kappa shape index (κ2) is 3.11. The Balaban J connectivity index is 2.84. The SMILES string of the molecule is C[Si](C)(C)Cn1ccnc1C#N. The Hall–Kier alpha value is -1.08. The number of rotatable bonds is 2. The summed E-state index contributed by atoms with van der Waals surface area (Å²) in [6.45, 7) is 6.82. The standard InChI is InChI=1S/C8H13N3Si/c1-12(2,3)7-11-5-4-10-8(11)6-9/h4-5H,7H2,1-3H3. The maximum Gasteiger partial charge on any atom is 0.212 e. The van der Waals surface area contributed by atoms with Gasteiger partial charge >= 0.3 is 0 Å². The van der Waals surface area contributed by atoms with Crippen LogP contribution >= 0.6 is 0 Å². The monoisotopic (exact) mass is 179 g/mol. The van der Waals surface area contributed by atoms with E-state index in [4.69, 9.17) is 5.26 Å². The van der Waals surface area contributed by atoms with Crippen LogP contribution in [0, 0.1) is 11.3 Å². The molecule has 1 heterocycles. The molecule has 0 atom stereocenters. The van der Waals surface area contributed by atoms with Crippen molar-refractivity contribution < 1.29 is 0 Å². The molecule has 0 spiro atoms. The molecular weight excluding hydrogens is 166 g/mol. The third-order valence-corrected chi connectivity index (χ3v) is 2.75. The van der Waals surface area contributed by atoms with Crippen molar-refractivity contribution in [2.75, 3.05) is 0 Å². The highest BCUT2D eigenvalue weighted by Crippen LogP contribution is 2.06. The number of aromatic nitrogens is 2. The lowest BCUT2D eigenvalue weighted by Crippen LogP contribution is -2.28. The van der Waals surface area contributed by atoms with Gasteiger partial charge < -0.3 is 4.57 Å². The summed E-state index contributed by atoms with van der Waals surface area (Å²) in [5.74, 6) is 0.525. The van der Waals surface area contributed by atoms with Gasteiger partial charge in [0.2, 0.25) is 5.82 Å². The van der Waals surface area contributed by atoms with E-state index in [-0.39, 0.29) is 0 Å². The predicted octanol–water partition coefficient (Wildman–Crippen LogP) is 1.63. The lowest BCUT2D eigenvalue weighted by molar-refractivity contribution is 0.832. The van der Waals surface area contributed by atoms with Crippen LogP contribution in [0.2, 0.25) is 19.6 Å². The van der Waals surface area contributed by atoms with Crippen molar-refractivity contribution in [2.24, 2.45) is 0 Å². The number of hydrogen-bond acceptors (Lipinski definition) is 2. The van der Waals surface area contributed by atoms with E-state index in [1.54, 1.807) is 6.20 Å². The summed E-state index contributed by atoms with van der Waals surface area (Å²) in [6.07, 6.45) is 4.52. The van der Waals surface area contributed by atoms with Gasteiger partial charge in [0.15, 0.2) is 0 Å². The van der Waals surface area contributed by atoms with Crippen molar-refractivity contribution in [1.82, 2.24) is 9.55 Å². The fourth-order valence-electron chi connectivity index (χ4n) is 1.06. The smallest absolute Gasteiger partial charge is 0.212 e. The van der Waals surface area contributed by atoms with E-state index in [9.17, 15) is 0 Å². The lowest BCUT2D eigenvalue weighted by atomic mass is 10.7. The van der Waals surface area contributed by atoms with Crippen LogP contribution in [0.4, 0.5) is 0 Å². The van der Waals surface area contributed by atoms with Gasteiger partial charge in [0.25, 0.3) is 0 Å². The molecule has 0 aliphatic rings. The first-order valence-electron chi connectivity index (χ1n) is 3.94. The fraction of sp³-hybridized carbons (Fsp3) is 0.500. The predicted molar refractivity (Wildman–Crippen MR) is 50.3 cm³/mol.